The molecule has 4 rings (SSSR count). The van der Waals surface area contributed by atoms with Crippen molar-refractivity contribution in [3.05, 3.63) is 22.9 Å². The maximum absolute atomic E-state index is 12.1. The van der Waals surface area contributed by atoms with Crippen LogP contribution < -0.4 is 15.5 Å². The number of piperidine rings is 1. The number of carbonyl (C=O) groups is 4. The molecule has 26 heavy (non-hydrogen) atoms. The summed E-state index contributed by atoms with van der Waals surface area (Å²) in [5.74, 6) is -0.207. The van der Waals surface area contributed by atoms with Crippen LogP contribution >= 0.6 is 11.8 Å². The molecule has 1 aromatic rings. The topological polar surface area (TPSA) is 121 Å². The number of nitrogens with zero attached hydrogens (tertiary/aromatic N) is 3. The molecule has 3 amide bonds. The zero-order chi connectivity index (χ0) is 18.3. The van der Waals surface area contributed by atoms with E-state index >= 15 is 0 Å². The number of anilines is 1. The van der Waals surface area contributed by atoms with Crippen LogP contribution in [0.25, 0.3) is 6.08 Å². The first-order valence-corrected chi connectivity index (χ1v) is 8.94. The van der Waals surface area contributed by atoms with Crippen molar-refractivity contribution in [1.82, 2.24) is 20.6 Å². The number of amides is 3. The summed E-state index contributed by atoms with van der Waals surface area (Å²) < 4.78 is 0. The van der Waals surface area contributed by atoms with Gasteiger partial charge in [-0.05, 0) is 36.7 Å². The third kappa shape index (κ3) is 2.96. The molecule has 3 aliphatic rings. The molecule has 0 aromatic carbocycles. The second kappa shape index (κ2) is 6.20. The van der Waals surface area contributed by atoms with E-state index in [0.29, 0.717) is 37.6 Å². The van der Waals surface area contributed by atoms with E-state index in [1.165, 1.54) is 0 Å². The molecule has 0 aliphatic carbocycles. The number of ketones is 1. The average molecular weight is 373 g/mol. The van der Waals surface area contributed by atoms with Gasteiger partial charge in [0.15, 0.2) is 5.78 Å². The number of carbonyl (C=O) groups excluding carboxylic acids is 4. The number of thioether (sulfide) groups is 1. The molecular formula is C16H15N5O4S. The fraction of sp³-hybridized carbons (Fsp3) is 0.375. The van der Waals surface area contributed by atoms with Gasteiger partial charge in [-0.2, -0.15) is 0 Å². The van der Waals surface area contributed by atoms with Gasteiger partial charge in [0.1, 0.15) is 5.54 Å². The lowest BCUT2D eigenvalue weighted by Gasteiger charge is -2.37. The molecule has 0 atom stereocenters. The summed E-state index contributed by atoms with van der Waals surface area (Å²) in [5.41, 5.74) is -0.223. The standard InChI is InChI=1S/C16H15N5O4S/c22-11-8-12(23)20-16(11)2-5-21(6-3-16)14-17-4-1-9(18-14)7-10-13(24)19-15(25)26-10/h1,4,7H,2-3,5-6,8H2,(H,20,23)(H,19,24,25)/b10-7-. The van der Waals surface area contributed by atoms with Crippen molar-refractivity contribution in [3.63, 3.8) is 0 Å². The van der Waals surface area contributed by atoms with Crippen LogP contribution in [0.15, 0.2) is 17.2 Å². The summed E-state index contributed by atoms with van der Waals surface area (Å²) in [5, 5.41) is 4.61. The average Bonchev–Trinajstić information content (AvgIpc) is 3.06. The Kier molecular flexibility index (Phi) is 3.98. The molecule has 2 N–H and O–H groups in total. The predicted molar refractivity (Wildman–Crippen MR) is 93.1 cm³/mol. The minimum Gasteiger partial charge on any atom is -0.343 e. The monoisotopic (exact) mass is 373 g/mol. The summed E-state index contributed by atoms with van der Waals surface area (Å²) in [4.78, 5) is 57.4. The van der Waals surface area contributed by atoms with Crippen molar-refractivity contribution in [2.75, 3.05) is 18.0 Å². The molecule has 1 aromatic heterocycles. The zero-order valence-electron chi connectivity index (χ0n) is 13.7. The second-order valence-corrected chi connectivity index (χ2v) is 7.37. The third-order valence-electron chi connectivity index (χ3n) is 4.72. The van der Waals surface area contributed by atoms with Gasteiger partial charge >= 0.3 is 0 Å². The van der Waals surface area contributed by atoms with Crippen LogP contribution in [0.3, 0.4) is 0 Å². The van der Waals surface area contributed by atoms with Gasteiger partial charge in [0.25, 0.3) is 11.1 Å². The van der Waals surface area contributed by atoms with E-state index in [0.717, 1.165) is 11.8 Å². The third-order valence-corrected chi connectivity index (χ3v) is 5.53. The van der Waals surface area contributed by atoms with Gasteiger partial charge in [0.2, 0.25) is 11.9 Å². The summed E-state index contributed by atoms with van der Waals surface area (Å²) in [6.07, 6.45) is 4.11. The van der Waals surface area contributed by atoms with Crippen molar-refractivity contribution in [1.29, 1.82) is 0 Å². The van der Waals surface area contributed by atoms with Crippen LogP contribution in [0, 0.1) is 0 Å². The molecule has 1 spiro atoms. The number of rotatable bonds is 2. The zero-order valence-corrected chi connectivity index (χ0v) is 14.5. The number of nitrogens with one attached hydrogen (secondary N) is 2. The highest BCUT2D eigenvalue weighted by Crippen LogP contribution is 2.30. The Bertz CT molecular complexity index is 860. The van der Waals surface area contributed by atoms with Crippen LogP contribution in [0.4, 0.5) is 10.7 Å². The van der Waals surface area contributed by atoms with Crippen LogP contribution in [0.5, 0.6) is 0 Å². The molecule has 0 radical (unpaired) electrons. The Morgan fingerprint density at radius 3 is 2.58 bits per heavy atom. The Labute approximate surface area is 152 Å². The minimum atomic E-state index is -0.744. The normalized spacial score (nSPS) is 23.7. The molecular weight excluding hydrogens is 358 g/mol. The lowest BCUT2D eigenvalue weighted by molar-refractivity contribution is -0.123. The Hall–Kier alpha value is -2.75. The first kappa shape index (κ1) is 16.7. The molecule has 9 nitrogen and oxygen atoms in total. The maximum atomic E-state index is 12.1. The van der Waals surface area contributed by atoms with Gasteiger partial charge in [-0.15, -0.1) is 0 Å². The highest BCUT2D eigenvalue weighted by atomic mass is 32.2. The SMILES string of the molecule is O=C1CC(=O)C2(CCN(c3nccc(/C=C4\SC(=O)NC4=O)n3)CC2)N1. The second-order valence-electron chi connectivity index (χ2n) is 6.35. The van der Waals surface area contributed by atoms with E-state index in [2.05, 4.69) is 20.6 Å². The maximum Gasteiger partial charge on any atom is 0.290 e. The molecule has 0 bridgehead atoms. The predicted octanol–water partition coefficient (Wildman–Crippen LogP) is 0.228. The van der Waals surface area contributed by atoms with Crippen LogP contribution in [-0.4, -0.2) is 51.4 Å². The first-order valence-electron chi connectivity index (χ1n) is 8.12. The van der Waals surface area contributed by atoms with Crippen molar-refractivity contribution >= 4 is 46.6 Å². The largest absolute Gasteiger partial charge is 0.343 e. The van der Waals surface area contributed by atoms with E-state index in [4.69, 9.17) is 0 Å². The fourth-order valence-electron chi connectivity index (χ4n) is 3.34. The lowest BCUT2D eigenvalue weighted by Crippen LogP contribution is -2.54. The summed E-state index contributed by atoms with van der Waals surface area (Å²) >= 11 is 0.833. The number of Topliss-reactive ketones (excluding diaryl/α,β-unsaturated/α-hetero) is 1. The number of hydrogen-bond acceptors (Lipinski definition) is 8. The lowest BCUT2D eigenvalue weighted by atomic mass is 9.85. The van der Waals surface area contributed by atoms with Crippen molar-refractivity contribution < 1.29 is 19.2 Å². The van der Waals surface area contributed by atoms with Gasteiger partial charge in [-0.25, -0.2) is 9.97 Å². The highest BCUT2D eigenvalue weighted by Gasteiger charge is 2.47. The molecule has 3 fully saturated rings. The van der Waals surface area contributed by atoms with E-state index in [1.54, 1.807) is 18.3 Å². The van der Waals surface area contributed by atoms with Crippen molar-refractivity contribution in [3.8, 4) is 0 Å². The summed E-state index contributed by atoms with van der Waals surface area (Å²) in [7, 11) is 0. The van der Waals surface area contributed by atoms with Crippen molar-refractivity contribution in [2.45, 2.75) is 24.8 Å². The Morgan fingerprint density at radius 1 is 1.19 bits per heavy atom. The van der Waals surface area contributed by atoms with Gasteiger partial charge in [0, 0.05) is 19.3 Å². The van der Waals surface area contributed by atoms with E-state index in [1.807, 2.05) is 4.90 Å². The molecule has 3 aliphatic heterocycles. The fourth-order valence-corrected chi connectivity index (χ4v) is 4.00. The van der Waals surface area contributed by atoms with E-state index in [-0.39, 0.29) is 23.0 Å². The van der Waals surface area contributed by atoms with Crippen LogP contribution in [-0.2, 0) is 14.4 Å². The van der Waals surface area contributed by atoms with E-state index in [9.17, 15) is 19.2 Å². The van der Waals surface area contributed by atoms with Gasteiger partial charge in [-0.3, -0.25) is 24.5 Å². The number of hydrogen-bond donors (Lipinski definition) is 2. The molecule has 134 valence electrons. The van der Waals surface area contributed by atoms with Gasteiger partial charge in [-0.1, -0.05) is 0 Å². The first-order chi connectivity index (χ1) is 12.4. The van der Waals surface area contributed by atoms with Gasteiger partial charge < -0.3 is 10.2 Å². The van der Waals surface area contributed by atoms with Crippen molar-refractivity contribution in [2.24, 2.45) is 0 Å². The summed E-state index contributed by atoms with van der Waals surface area (Å²) in [6.45, 7) is 1.08. The molecule has 3 saturated heterocycles. The molecule has 0 saturated carbocycles. The number of imide groups is 1. The minimum absolute atomic E-state index is 0.0436. The quantitative estimate of drug-likeness (QED) is 0.558. The van der Waals surface area contributed by atoms with Gasteiger partial charge in [0.05, 0.1) is 17.0 Å². The van der Waals surface area contributed by atoms with Crippen LogP contribution in [0.1, 0.15) is 25.0 Å². The Balaban J connectivity index is 1.49. The van der Waals surface area contributed by atoms with E-state index < -0.39 is 16.7 Å². The number of aromatic nitrogens is 2. The summed E-state index contributed by atoms with van der Waals surface area (Å²) in [6, 6.07) is 1.65. The molecule has 0 unspecified atom stereocenters. The molecule has 4 heterocycles. The Morgan fingerprint density at radius 2 is 1.96 bits per heavy atom. The smallest absolute Gasteiger partial charge is 0.290 e. The van der Waals surface area contributed by atoms with Crippen LogP contribution in [0.2, 0.25) is 0 Å². The highest BCUT2D eigenvalue weighted by molar-refractivity contribution is 8.18. The molecule has 10 heteroatoms.